The maximum Gasteiger partial charge on any atom is 0.324 e. The number of amides is 4. The summed E-state index contributed by atoms with van der Waals surface area (Å²) in [5.41, 5.74) is 9.36. The van der Waals surface area contributed by atoms with E-state index in [9.17, 15) is 14.4 Å². The molecule has 1 unspecified atom stereocenters. The van der Waals surface area contributed by atoms with Crippen molar-refractivity contribution >= 4 is 40.0 Å². The van der Waals surface area contributed by atoms with Gasteiger partial charge in [0.2, 0.25) is 5.91 Å². The van der Waals surface area contributed by atoms with Crippen LogP contribution in [0.2, 0.25) is 0 Å². The van der Waals surface area contributed by atoms with Crippen LogP contribution in [0.15, 0.2) is 23.2 Å². The van der Waals surface area contributed by atoms with Crippen LogP contribution in [-0.2, 0) is 4.79 Å². The van der Waals surface area contributed by atoms with Gasteiger partial charge in [-0.3, -0.25) is 14.9 Å². The van der Waals surface area contributed by atoms with E-state index in [1.54, 1.807) is 6.07 Å². The van der Waals surface area contributed by atoms with Gasteiger partial charge in [0.25, 0.3) is 5.91 Å². The molecule has 1 fully saturated rings. The number of likely N-dealkylation sites (tertiary alicyclic amines) is 1. The summed E-state index contributed by atoms with van der Waals surface area (Å²) in [5.74, 6) is -0.556. The number of aliphatic imine (C=N–C) groups is 1. The summed E-state index contributed by atoms with van der Waals surface area (Å²) >= 11 is 1.35. The smallest absolute Gasteiger partial charge is 0.324 e. The minimum Gasteiger partial charge on any atom is -0.368 e. The number of thiazole rings is 1. The van der Waals surface area contributed by atoms with Gasteiger partial charge in [0.1, 0.15) is 6.04 Å². The molecule has 2 aromatic rings. The Morgan fingerprint density at radius 2 is 2.07 bits per heavy atom. The number of nitrogens with two attached hydrogens (primary N) is 1. The fourth-order valence-corrected chi connectivity index (χ4v) is 4.89. The highest BCUT2D eigenvalue weighted by molar-refractivity contribution is 7.19. The second-order valence-corrected chi connectivity index (χ2v) is 8.83. The van der Waals surface area contributed by atoms with Crippen molar-refractivity contribution in [2.24, 2.45) is 16.6 Å². The van der Waals surface area contributed by atoms with E-state index in [-0.39, 0.29) is 17.9 Å². The van der Waals surface area contributed by atoms with Gasteiger partial charge in [-0.2, -0.15) is 0 Å². The lowest BCUT2D eigenvalue weighted by atomic mass is 9.95. The van der Waals surface area contributed by atoms with E-state index in [2.05, 4.69) is 15.3 Å². The Balaban J connectivity index is 1.59. The molecule has 0 saturated carbocycles. The molecule has 1 atom stereocenters. The Hall–Kier alpha value is -3.07. The van der Waals surface area contributed by atoms with Crippen LogP contribution in [0, 0.1) is 12.8 Å². The van der Waals surface area contributed by atoms with E-state index in [0.29, 0.717) is 23.7 Å². The van der Waals surface area contributed by atoms with Crippen molar-refractivity contribution < 1.29 is 14.4 Å². The number of fused-ring (bicyclic) bond motifs is 1. The fourth-order valence-electron chi connectivity index (χ4n) is 3.94. The van der Waals surface area contributed by atoms with Gasteiger partial charge in [0, 0.05) is 12.1 Å². The zero-order chi connectivity index (χ0) is 21.6. The van der Waals surface area contributed by atoms with Crippen molar-refractivity contribution in [2.75, 3.05) is 11.9 Å². The molecule has 2 aliphatic heterocycles. The first-order chi connectivity index (χ1) is 14.3. The molecule has 0 aliphatic carbocycles. The standard InChI is InChI=1S/C21H23N5O3S/c1-10(2)16-14-9-12(6-7-13(14)19(28)24-16)17-11(3)23-20(30-17)25-21(29)26-8-4-5-15(26)18(22)27/h6-7,9-10,15H,4-5,8H2,1-3H3,(H2,22,27)(H,23,25,29). The largest absolute Gasteiger partial charge is 0.368 e. The van der Waals surface area contributed by atoms with Crippen LogP contribution in [0.5, 0.6) is 0 Å². The molecule has 4 rings (SSSR count). The summed E-state index contributed by atoms with van der Waals surface area (Å²) in [5, 5.41) is 3.25. The predicted octanol–water partition coefficient (Wildman–Crippen LogP) is 3.20. The summed E-state index contributed by atoms with van der Waals surface area (Å²) < 4.78 is 0. The number of nitrogens with one attached hydrogen (secondary N) is 1. The second kappa shape index (κ2) is 7.64. The van der Waals surface area contributed by atoms with Gasteiger partial charge < -0.3 is 10.6 Å². The first-order valence-corrected chi connectivity index (χ1v) is 10.7. The van der Waals surface area contributed by atoms with Crippen molar-refractivity contribution in [3.63, 3.8) is 0 Å². The Kier molecular flexibility index (Phi) is 5.15. The first kappa shape index (κ1) is 20.2. The number of urea groups is 1. The Morgan fingerprint density at radius 1 is 1.30 bits per heavy atom. The summed E-state index contributed by atoms with van der Waals surface area (Å²) in [7, 11) is 0. The van der Waals surface area contributed by atoms with Crippen LogP contribution < -0.4 is 11.1 Å². The lowest BCUT2D eigenvalue weighted by Gasteiger charge is -2.21. The van der Waals surface area contributed by atoms with Gasteiger partial charge in [-0.25, -0.2) is 14.8 Å². The molecule has 0 radical (unpaired) electrons. The van der Waals surface area contributed by atoms with Gasteiger partial charge in [-0.05, 0) is 43.4 Å². The summed E-state index contributed by atoms with van der Waals surface area (Å²) in [6, 6.07) is 4.70. The minimum atomic E-state index is -0.575. The van der Waals surface area contributed by atoms with E-state index in [4.69, 9.17) is 5.73 Å². The first-order valence-electron chi connectivity index (χ1n) is 9.88. The number of primary amides is 1. The van der Waals surface area contributed by atoms with Crippen LogP contribution in [0.1, 0.15) is 48.3 Å². The maximum absolute atomic E-state index is 12.6. The van der Waals surface area contributed by atoms with E-state index < -0.39 is 11.9 Å². The summed E-state index contributed by atoms with van der Waals surface area (Å²) in [6.07, 6.45) is 1.33. The molecule has 9 heteroatoms. The third-order valence-electron chi connectivity index (χ3n) is 5.41. The number of benzene rings is 1. The fraction of sp³-hybridized carbons (Fsp3) is 0.381. The average Bonchev–Trinajstić information content (AvgIpc) is 3.39. The van der Waals surface area contributed by atoms with E-state index in [1.807, 2.05) is 32.9 Å². The van der Waals surface area contributed by atoms with Gasteiger partial charge in [0.15, 0.2) is 5.13 Å². The Bertz CT molecular complexity index is 1090. The number of rotatable bonds is 4. The third kappa shape index (κ3) is 3.49. The highest BCUT2D eigenvalue weighted by Gasteiger charge is 2.33. The molecular formula is C21H23N5O3S. The summed E-state index contributed by atoms with van der Waals surface area (Å²) in [4.78, 5) is 47.3. The number of aryl methyl sites for hydroxylation is 1. The second-order valence-electron chi connectivity index (χ2n) is 7.83. The predicted molar refractivity (Wildman–Crippen MR) is 116 cm³/mol. The van der Waals surface area contributed by atoms with Crippen molar-refractivity contribution in [3.8, 4) is 10.4 Å². The zero-order valence-electron chi connectivity index (χ0n) is 17.1. The van der Waals surface area contributed by atoms with Crippen molar-refractivity contribution in [1.82, 2.24) is 9.88 Å². The number of anilines is 1. The van der Waals surface area contributed by atoms with E-state index >= 15 is 0 Å². The van der Waals surface area contributed by atoms with Gasteiger partial charge >= 0.3 is 6.03 Å². The normalized spacial score (nSPS) is 18.0. The van der Waals surface area contributed by atoms with Crippen molar-refractivity contribution in [1.29, 1.82) is 0 Å². The quantitative estimate of drug-likeness (QED) is 0.782. The molecule has 1 saturated heterocycles. The molecule has 1 aromatic heterocycles. The van der Waals surface area contributed by atoms with Crippen LogP contribution in [0.25, 0.3) is 10.4 Å². The summed E-state index contributed by atoms with van der Waals surface area (Å²) in [6.45, 7) is 6.39. The van der Waals surface area contributed by atoms with Crippen LogP contribution in [0.3, 0.4) is 0 Å². The Labute approximate surface area is 178 Å². The molecule has 3 heterocycles. The average molecular weight is 426 g/mol. The van der Waals surface area contributed by atoms with Crippen molar-refractivity contribution in [3.05, 3.63) is 35.0 Å². The van der Waals surface area contributed by atoms with Gasteiger partial charge in [-0.15, -0.1) is 0 Å². The molecule has 156 valence electrons. The lowest BCUT2D eigenvalue weighted by molar-refractivity contribution is -0.121. The van der Waals surface area contributed by atoms with E-state index in [0.717, 1.165) is 33.8 Å². The lowest BCUT2D eigenvalue weighted by Crippen LogP contribution is -2.45. The number of hydrogen-bond donors (Lipinski definition) is 2. The SMILES string of the molecule is Cc1nc(NC(=O)N2CCCC2C(N)=O)sc1-c1ccc2c(c1)C(C(C)C)=NC2=O. The number of aromatic nitrogens is 1. The van der Waals surface area contributed by atoms with Gasteiger partial charge in [0.05, 0.1) is 21.8 Å². The zero-order valence-corrected chi connectivity index (χ0v) is 17.9. The van der Waals surface area contributed by atoms with Gasteiger partial charge in [-0.1, -0.05) is 31.3 Å². The molecule has 0 spiro atoms. The van der Waals surface area contributed by atoms with Crippen LogP contribution in [-0.4, -0.2) is 46.0 Å². The molecule has 3 N–H and O–H groups in total. The monoisotopic (exact) mass is 425 g/mol. The number of carbonyl (C=O) groups excluding carboxylic acids is 3. The number of hydrogen-bond acceptors (Lipinski definition) is 5. The molecule has 8 nitrogen and oxygen atoms in total. The highest BCUT2D eigenvalue weighted by Crippen LogP contribution is 2.36. The maximum atomic E-state index is 12.6. The molecule has 4 amide bonds. The molecule has 0 bridgehead atoms. The molecule has 1 aromatic carbocycles. The topological polar surface area (TPSA) is 118 Å². The molecule has 30 heavy (non-hydrogen) atoms. The number of nitrogens with zero attached hydrogens (tertiary/aromatic N) is 3. The number of carbonyl (C=O) groups is 3. The highest BCUT2D eigenvalue weighted by atomic mass is 32.1. The van der Waals surface area contributed by atoms with Crippen LogP contribution >= 0.6 is 11.3 Å². The molecule has 2 aliphatic rings. The van der Waals surface area contributed by atoms with Crippen LogP contribution in [0.4, 0.5) is 9.93 Å². The third-order valence-corrected chi connectivity index (χ3v) is 6.53. The van der Waals surface area contributed by atoms with Crippen molar-refractivity contribution in [2.45, 2.75) is 39.7 Å². The molecular weight excluding hydrogens is 402 g/mol. The Morgan fingerprint density at radius 3 is 2.77 bits per heavy atom. The van der Waals surface area contributed by atoms with E-state index in [1.165, 1.54) is 16.2 Å². The minimum absolute atomic E-state index is 0.140.